The van der Waals surface area contributed by atoms with Crippen molar-refractivity contribution < 1.29 is 9.13 Å². The second kappa shape index (κ2) is 5.79. The molecule has 0 radical (unpaired) electrons. The molecule has 0 saturated heterocycles. The normalized spacial score (nSPS) is 10.7. The molecule has 0 amide bonds. The summed E-state index contributed by atoms with van der Waals surface area (Å²) in [7, 11) is 1.84. The average Bonchev–Trinajstić information content (AvgIpc) is 2.70. The molecular formula is C13H17FN4O. The fourth-order valence-electron chi connectivity index (χ4n) is 1.78. The van der Waals surface area contributed by atoms with Gasteiger partial charge in [0.2, 0.25) is 0 Å². The molecule has 1 aromatic heterocycles. The molecule has 2 rings (SSSR count). The van der Waals surface area contributed by atoms with Crippen LogP contribution in [0.3, 0.4) is 0 Å². The van der Waals surface area contributed by atoms with Crippen LogP contribution in [-0.4, -0.2) is 21.3 Å². The maximum atomic E-state index is 13.8. The third-order valence-corrected chi connectivity index (χ3v) is 2.99. The molecule has 6 heteroatoms. The van der Waals surface area contributed by atoms with E-state index < -0.39 is 0 Å². The maximum absolute atomic E-state index is 13.8. The van der Waals surface area contributed by atoms with Crippen molar-refractivity contribution in [3.8, 4) is 5.75 Å². The molecule has 0 saturated carbocycles. The van der Waals surface area contributed by atoms with Crippen LogP contribution in [0.5, 0.6) is 5.75 Å². The van der Waals surface area contributed by atoms with Crippen molar-refractivity contribution in [3.05, 3.63) is 41.2 Å². The van der Waals surface area contributed by atoms with Crippen LogP contribution in [0, 0.1) is 12.7 Å². The van der Waals surface area contributed by atoms with Crippen LogP contribution in [0.15, 0.2) is 18.2 Å². The second-order valence-electron chi connectivity index (χ2n) is 4.28. The molecule has 0 atom stereocenters. The number of hydrogen-bond donors (Lipinski definition) is 1. The highest BCUT2D eigenvalue weighted by atomic mass is 19.1. The molecule has 0 aliphatic carbocycles. The first kappa shape index (κ1) is 13.5. The Labute approximate surface area is 111 Å². The van der Waals surface area contributed by atoms with E-state index in [0.717, 1.165) is 11.4 Å². The van der Waals surface area contributed by atoms with Crippen molar-refractivity contribution in [3.63, 3.8) is 0 Å². The number of aromatic nitrogens is 3. The lowest BCUT2D eigenvalue weighted by Crippen LogP contribution is -2.09. The number of para-hydroxylation sites is 1. The summed E-state index contributed by atoms with van der Waals surface area (Å²) in [4.78, 5) is 0. The van der Waals surface area contributed by atoms with Gasteiger partial charge in [0.15, 0.2) is 17.4 Å². The Morgan fingerprint density at radius 1 is 1.37 bits per heavy atom. The molecule has 1 aromatic carbocycles. The third-order valence-electron chi connectivity index (χ3n) is 2.99. The standard InChI is InChI=1S/C13H17FN4O/c1-9-16-17-12(18(9)2)8-19-13-10(6-7-15)4-3-5-11(13)14/h3-5H,6-8,15H2,1-2H3. The van der Waals surface area contributed by atoms with Crippen LogP contribution in [0.2, 0.25) is 0 Å². The summed E-state index contributed by atoms with van der Waals surface area (Å²) < 4.78 is 21.1. The van der Waals surface area contributed by atoms with Crippen molar-refractivity contribution in [2.45, 2.75) is 20.0 Å². The Balaban J connectivity index is 2.17. The van der Waals surface area contributed by atoms with Gasteiger partial charge in [-0.05, 0) is 31.5 Å². The number of nitrogens with zero attached hydrogens (tertiary/aromatic N) is 3. The molecule has 0 unspecified atom stereocenters. The largest absolute Gasteiger partial charge is 0.482 e. The fraction of sp³-hybridized carbons (Fsp3) is 0.385. The summed E-state index contributed by atoms with van der Waals surface area (Å²) in [5, 5.41) is 7.91. The minimum Gasteiger partial charge on any atom is -0.482 e. The van der Waals surface area contributed by atoms with Gasteiger partial charge >= 0.3 is 0 Å². The average molecular weight is 264 g/mol. The summed E-state index contributed by atoms with van der Waals surface area (Å²) in [6, 6.07) is 4.84. The van der Waals surface area contributed by atoms with Crippen LogP contribution in [0.1, 0.15) is 17.2 Å². The maximum Gasteiger partial charge on any atom is 0.170 e. The van der Waals surface area contributed by atoms with Crippen LogP contribution in [0.25, 0.3) is 0 Å². The number of halogens is 1. The molecule has 0 fully saturated rings. The summed E-state index contributed by atoms with van der Waals surface area (Å²) in [6.45, 7) is 2.47. The van der Waals surface area contributed by atoms with Gasteiger partial charge in [-0.1, -0.05) is 12.1 Å². The predicted molar refractivity (Wildman–Crippen MR) is 69.2 cm³/mol. The van der Waals surface area contributed by atoms with Crippen molar-refractivity contribution in [2.75, 3.05) is 6.54 Å². The third kappa shape index (κ3) is 2.90. The lowest BCUT2D eigenvalue weighted by molar-refractivity contribution is 0.273. The van der Waals surface area contributed by atoms with Crippen LogP contribution in [-0.2, 0) is 20.1 Å². The first-order valence-corrected chi connectivity index (χ1v) is 6.08. The number of aryl methyl sites for hydroxylation is 1. The minimum atomic E-state index is -0.384. The van der Waals surface area contributed by atoms with E-state index in [9.17, 15) is 4.39 Å². The lowest BCUT2D eigenvalue weighted by Gasteiger charge is -2.11. The van der Waals surface area contributed by atoms with Gasteiger partial charge in [-0.25, -0.2) is 4.39 Å². The molecule has 5 nitrogen and oxygen atoms in total. The van der Waals surface area contributed by atoms with E-state index in [1.165, 1.54) is 6.07 Å². The molecule has 2 N–H and O–H groups in total. The van der Waals surface area contributed by atoms with E-state index in [-0.39, 0.29) is 18.2 Å². The quantitative estimate of drug-likeness (QED) is 0.885. The van der Waals surface area contributed by atoms with Gasteiger partial charge in [0.05, 0.1) is 0 Å². The van der Waals surface area contributed by atoms with E-state index in [1.54, 1.807) is 6.07 Å². The van der Waals surface area contributed by atoms with E-state index in [1.807, 2.05) is 24.6 Å². The Morgan fingerprint density at radius 2 is 2.16 bits per heavy atom. The summed E-state index contributed by atoms with van der Waals surface area (Å²) in [5.41, 5.74) is 6.27. The van der Waals surface area contributed by atoms with Crippen molar-refractivity contribution in [1.29, 1.82) is 0 Å². The Morgan fingerprint density at radius 3 is 2.79 bits per heavy atom. The van der Waals surface area contributed by atoms with Gasteiger partial charge in [-0.2, -0.15) is 0 Å². The van der Waals surface area contributed by atoms with Gasteiger partial charge in [0, 0.05) is 7.05 Å². The van der Waals surface area contributed by atoms with E-state index in [0.29, 0.717) is 18.8 Å². The van der Waals surface area contributed by atoms with E-state index >= 15 is 0 Å². The number of nitrogens with two attached hydrogens (primary N) is 1. The van der Waals surface area contributed by atoms with Gasteiger partial charge in [-0.3, -0.25) is 0 Å². The highest BCUT2D eigenvalue weighted by molar-refractivity contribution is 5.35. The van der Waals surface area contributed by atoms with Crippen molar-refractivity contribution in [1.82, 2.24) is 14.8 Å². The molecule has 2 aromatic rings. The highest BCUT2D eigenvalue weighted by Crippen LogP contribution is 2.23. The number of ether oxygens (including phenoxy) is 1. The Bertz CT molecular complexity index is 568. The molecule has 0 aliphatic rings. The zero-order chi connectivity index (χ0) is 13.8. The fourth-order valence-corrected chi connectivity index (χ4v) is 1.78. The summed E-state index contributed by atoms with van der Waals surface area (Å²) in [5.74, 6) is 1.30. The smallest absolute Gasteiger partial charge is 0.170 e. The molecule has 102 valence electrons. The number of benzene rings is 1. The minimum absolute atomic E-state index is 0.176. The van der Waals surface area contributed by atoms with Crippen molar-refractivity contribution >= 4 is 0 Å². The highest BCUT2D eigenvalue weighted by Gasteiger charge is 2.12. The summed E-state index contributed by atoms with van der Waals surface area (Å²) >= 11 is 0. The Hall–Kier alpha value is -1.95. The van der Waals surface area contributed by atoms with E-state index in [4.69, 9.17) is 10.5 Å². The van der Waals surface area contributed by atoms with Gasteiger partial charge in [0.1, 0.15) is 12.4 Å². The molecule has 1 heterocycles. The summed E-state index contributed by atoms with van der Waals surface area (Å²) in [6.07, 6.45) is 0.574. The molecule has 0 bridgehead atoms. The Kier molecular flexibility index (Phi) is 4.11. The van der Waals surface area contributed by atoms with Gasteiger partial charge in [0.25, 0.3) is 0 Å². The van der Waals surface area contributed by atoms with Gasteiger partial charge in [-0.15, -0.1) is 10.2 Å². The first-order valence-electron chi connectivity index (χ1n) is 6.08. The number of rotatable bonds is 5. The van der Waals surface area contributed by atoms with Crippen molar-refractivity contribution in [2.24, 2.45) is 12.8 Å². The van der Waals surface area contributed by atoms with Crippen LogP contribution < -0.4 is 10.5 Å². The SMILES string of the molecule is Cc1nnc(COc2c(F)cccc2CCN)n1C. The topological polar surface area (TPSA) is 66.0 Å². The lowest BCUT2D eigenvalue weighted by atomic mass is 10.1. The zero-order valence-corrected chi connectivity index (χ0v) is 11.1. The molecular weight excluding hydrogens is 247 g/mol. The monoisotopic (exact) mass is 264 g/mol. The number of hydrogen-bond acceptors (Lipinski definition) is 4. The second-order valence-corrected chi connectivity index (χ2v) is 4.28. The molecule has 0 aliphatic heterocycles. The first-order chi connectivity index (χ1) is 9.13. The van der Waals surface area contributed by atoms with E-state index in [2.05, 4.69) is 10.2 Å². The molecule has 0 spiro atoms. The zero-order valence-electron chi connectivity index (χ0n) is 11.1. The molecule has 19 heavy (non-hydrogen) atoms. The van der Waals surface area contributed by atoms with Crippen LogP contribution in [0.4, 0.5) is 4.39 Å². The van der Waals surface area contributed by atoms with Crippen LogP contribution >= 0.6 is 0 Å². The van der Waals surface area contributed by atoms with Gasteiger partial charge < -0.3 is 15.0 Å². The predicted octanol–water partition coefficient (Wildman–Crippen LogP) is 1.34.